The number of benzene rings is 2. The van der Waals surface area contributed by atoms with E-state index in [1.165, 1.54) is 19.4 Å². The Morgan fingerprint density at radius 1 is 0.973 bits per heavy atom. The summed E-state index contributed by atoms with van der Waals surface area (Å²) in [5.41, 5.74) is 1.58. The molecule has 1 amide bonds. The number of carbonyl (C=O) groups is 2. The fourth-order valence-electron chi connectivity index (χ4n) is 3.28. The van der Waals surface area contributed by atoms with Gasteiger partial charge in [0.2, 0.25) is 0 Å². The van der Waals surface area contributed by atoms with Crippen LogP contribution in [0.25, 0.3) is 0 Å². The first-order valence-corrected chi connectivity index (χ1v) is 12.3. The number of aromatic nitrogens is 2. The van der Waals surface area contributed by atoms with Crippen LogP contribution in [0.2, 0.25) is 25.1 Å². The van der Waals surface area contributed by atoms with Crippen LogP contribution in [0.3, 0.4) is 0 Å². The first kappa shape index (κ1) is 27.2. The van der Waals surface area contributed by atoms with Crippen LogP contribution in [0.15, 0.2) is 53.2 Å². The smallest absolute Gasteiger partial charge is 0.338 e. The maximum Gasteiger partial charge on any atom is 0.338 e. The molecule has 4 rings (SSSR count). The van der Waals surface area contributed by atoms with Crippen LogP contribution < -0.4 is 10.1 Å². The van der Waals surface area contributed by atoms with Crippen LogP contribution in [0.4, 0.5) is 5.69 Å². The van der Waals surface area contributed by atoms with Gasteiger partial charge in [-0.05, 0) is 23.8 Å². The number of rotatable bonds is 8. The van der Waals surface area contributed by atoms with Gasteiger partial charge in [0.1, 0.15) is 22.4 Å². The van der Waals surface area contributed by atoms with Gasteiger partial charge in [-0.15, -0.1) is 0 Å². The third-order valence-corrected chi connectivity index (χ3v) is 7.30. The fourth-order valence-corrected chi connectivity index (χ4v) is 4.51. The quantitative estimate of drug-likeness (QED) is 0.128. The van der Waals surface area contributed by atoms with Crippen molar-refractivity contribution in [3.63, 3.8) is 0 Å². The maximum absolute atomic E-state index is 12.7. The van der Waals surface area contributed by atoms with Crippen LogP contribution >= 0.6 is 58.0 Å². The second-order valence-corrected chi connectivity index (χ2v) is 9.37. The van der Waals surface area contributed by atoms with Gasteiger partial charge in [-0.25, -0.2) is 4.79 Å². The monoisotopic (exact) mass is 601 g/mol. The largest absolute Gasteiger partial charge is 0.482 e. The van der Waals surface area contributed by atoms with E-state index in [0.717, 1.165) is 5.56 Å². The van der Waals surface area contributed by atoms with E-state index in [-0.39, 0.29) is 43.2 Å². The summed E-state index contributed by atoms with van der Waals surface area (Å²) < 4.78 is 17.6. The molecule has 37 heavy (non-hydrogen) atoms. The number of hydrogen-bond acceptors (Lipinski definition) is 6. The SMILES string of the molecule is COC(=O)c1ccccc1Cn1cc(NC(=O)c2ccc(COc3c(Cl)c(Cl)c(Cl)c(Cl)c3Cl)o2)cn1. The van der Waals surface area contributed by atoms with Gasteiger partial charge in [0, 0.05) is 6.20 Å². The highest BCUT2D eigenvalue weighted by molar-refractivity contribution is 6.55. The molecule has 13 heteroatoms. The van der Waals surface area contributed by atoms with Crippen molar-refractivity contribution in [2.24, 2.45) is 0 Å². The number of carbonyl (C=O) groups excluding carboxylic acids is 2. The van der Waals surface area contributed by atoms with Gasteiger partial charge in [-0.1, -0.05) is 76.2 Å². The normalized spacial score (nSPS) is 10.9. The van der Waals surface area contributed by atoms with E-state index in [0.29, 0.717) is 23.6 Å². The summed E-state index contributed by atoms with van der Waals surface area (Å²) in [7, 11) is 1.32. The summed E-state index contributed by atoms with van der Waals surface area (Å²) in [5, 5.41) is 6.94. The van der Waals surface area contributed by atoms with E-state index in [4.69, 9.17) is 71.9 Å². The number of nitrogens with zero attached hydrogens (tertiary/aromatic N) is 2. The molecule has 0 aliphatic carbocycles. The zero-order chi connectivity index (χ0) is 26.7. The molecule has 0 unspecified atom stereocenters. The number of halogens is 5. The molecular formula is C24H16Cl5N3O5. The lowest BCUT2D eigenvalue weighted by Crippen LogP contribution is -2.11. The zero-order valence-electron chi connectivity index (χ0n) is 18.9. The Morgan fingerprint density at radius 2 is 1.65 bits per heavy atom. The highest BCUT2D eigenvalue weighted by atomic mass is 35.5. The van der Waals surface area contributed by atoms with Crippen LogP contribution in [-0.2, 0) is 17.9 Å². The Hall–Kier alpha value is -2.88. The molecule has 0 atom stereocenters. The highest BCUT2D eigenvalue weighted by Crippen LogP contribution is 2.48. The molecule has 0 aliphatic rings. The fraction of sp³-hybridized carbons (Fsp3) is 0.125. The average molecular weight is 604 g/mol. The summed E-state index contributed by atoms with van der Waals surface area (Å²) in [6.07, 6.45) is 3.10. The summed E-state index contributed by atoms with van der Waals surface area (Å²) in [6.45, 7) is 0.186. The van der Waals surface area contributed by atoms with Crippen molar-refractivity contribution in [1.29, 1.82) is 0 Å². The number of nitrogens with one attached hydrogen (secondary N) is 1. The molecule has 0 fully saturated rings. The molecule has 2 heterocycles. The third kappa shape index (κ3) is 6.00. The number of hydrogen-bond donors (Lipinski definition) is 1. The lowest BCUT2D eigenvalue weighted by atomic mass is 10.1. The van der Waals surface area contributed by atoms with Crippen molar-refractivity contribution in [3.8, 4) is 5.75 Å². The standard InChI is InChI=1S/C24H16Cl5N3O5/c1-35-24(34)15-5-3-2-4-12(15)9-32-10-13(8-30-32)31-23(33)16-7-6-14(37-16)11-36-22-20(28)18(26)17(25)19(27)21(22)29/h2-8,10H,9,11H2,1H3,(H,31,33). The van der Waals surface area contributed by atoms with Crippen LogP contribution in [-0.4, -0.2) is 28.8 Å². The van der Waals surface area contributed by atoms with E-state index in [1.807, 2.05) is 6.07 Å². The van der Waals surface area contributed by atoms with E-state index >= 15 is 0 Å². The summed E-state index contributed by atoms with van der Waals surface area (Å²) >= 11 is 30.4. The molecule has 4 aromatic rings. The van der Waals surface area contributed by atoms with E-state index in [2.05, 4.69) is 10.4 Å². The number of anilines is 1. The minimum atomic E-state index is -0.505. The molecule has 0 saturated carbocycles. The zero-order valence-corrected chi connectivity index (χ0v) is 22.6. The lowest BCUT2D eigenvalue weighted by molar-refractivity contribution is 0.0599. The predicted molar refractivity (Wildman–Crippen MR) is 142 cm³/mol. The van der Waals surface area contributed by atoms with Crippen LogP contribution in [0, 0.1) is 0 Å². The van der Waals surface area contributed by atoms with Crippen molar-refractivity contribution >= 4 is 75.6 Å². The molecular weight excluding hydrogens is 588 g/mol. The minimum Gasteiger partial charge on any atom is -0.482 e. The Balaban J connectivity index is 1.40. The van der Waals surface area contributed by atoms with E-state index in [9.17, 15) is 9.59 Å². The Bertz CT molecular complexity index is 1450. The molecule has 0 aliphatic heterocycles. The van der Waals surface area contributed by atoms with Gasteiger partial charge >= 0.3 is 5.97 Å². The van der Waals surface area contributed by atoms with Gasteiger partial charge in [-0.3, -0.25) is 9.48 Å². The van der Waals surface area contributed by atoms with Gasteiger partial charge in [0.25, 0.3) is 5.91 Å². The Kier molecular flexibility index (Phi) is 8.56. The van der Waals surface area contributed by atoms with Gasteiger partial charge in [0.15, 0.2) is 11.5 Å². The molecule has 0 radical (unpaired) electrons. The second-order valence-electron chi connectivity index (χ2n) is 7.48. The number of furan rings is 1. The first-order valence-electron chi connectivity index (χ1n) is 10.4. The van der Waals surface area contributed by atoms with Crippen LogP contribution in [0.1, 0.15) is 32.2 Å². The highest BCUT2D eigenvalue weighted by Gasteiger charge is 2.21. The molecule has 192 valence electrons. The lowest BCUT2D eigenvalue weighted by Gasteiger charge is -2.12. The van der Waals surface area contributed by atoms with Crippen molar-refractivity contribution in [3.05, 3.63) is 96.6 Å². The number of ether oxygens (including phenoxy) is 2. The molecule has 1 N–H and O–H groups in total. The number of methoxy groups -OCH3 is 1. The topological polar surface area (TPSA) is 95.6 Å². The van der Waals surface area contributed by atoms with Gasteiger partial charge < -0.3 is 19.2 Å². The molecule has 0 spiro atoms. The molecule has 0 saturated heterocycles. The van der Waals surface area contributed by atoms with Gasteiger partial charge in [-0.2, -0.15) is 5.10 Å². The molecule has 8 nitrogen and oxygen atoms in total. The first-order chi connectivity index (χ1) is 17.7. The minimum absolute atomic E-state index is 0.00146. The number of amides is 1. The summed E-state index contributed by atoms with van der Waals surface area (Å²) in [6, 6.07) is 10.1. The van der Waals surface area contributed by atoms with E-state index in [1.54, 1.807) is 35.1 Å². The van der Waals surface area contributed by atoms with Crippen molar-refractivity contribution in [2.75, 3.05) is 12.4 Å². The number of esters is 1. The predicted octanol–water partition coefficient (Wildman–Crippen LogP) is 7.41. The van der Waals surface area contributed by atoms with Gasteiger partial charge in [0.05, 0.1) is 46.2 Å². The summed E-state index contributed by atoms with van der Waals surface area (Å²) in [4.78, 5) is 24.6. The van der Waals surface area contributed by atoms with Crippen LogP contribution in [0.5, 0.6) is 5.75 Å². The van der Waals surface area contributed by atoms with Crippen molar-refractivity contribution in [1.82, 2.24) is 9.78 Å². The summed E-state index contributed by atoms with van der Waals surface area (Å²) in [5.74, 6) is -0.567. The molecule has 2 aromatic carbocycles. The third-order valence-electron chi connectivity index (χ3n) is 5.06. The molecule has 2 aromatic heterocycles. The van der Waals surface area contributed by atoms with Crippen molar-refractivity contribution in [2.45, 2.75) is 13.2 Å². The second kappa shape index (κ2) is 11.7. The maximum atomic E-state index is 12.7. The molecule has 0 bridgehead atoms. The average Bonchev–Trinajstić information content (AvgIpc) is 3.56. The van der Waals surface area contributed by atoms with E-state index < -0.39 is 11.9 Å². The Morgan fingerprint density at radius 3 is 2.35 bits per heavy atom. The Labute approximate surface area is 235 Å². The van der Waals surface area contributed by atoms with Crippen molar-refractivity contribution < 1.29 is 23.5 Å².